The van der Waals surface area contributed by atoms with Crippen LogP contribution in [0.4, 0.5) is 0 Å². The van der Waals surface area contributed by atoms with Gasteiger partial charge in [0, 0.05) is 0 Å². The summed E-state index contributed by atoms with van der Waals surface area (Å²) in [5, 5.41) is 17.9. The molecular formula is C10H14O4. The molecule has 14 heavy (non-hydrogen) atoms. The molecule has 4 nitrogen and oxygen atoms in total. The minimum atomic E-state index is -0.930. The van der Waals surface area contributed by atoms with E-state index in [0.717, 1.165) is 25.7 Å². The van der Waals surface area contributed by atoms with Crippen molar-refractivity contribution in [2.24, 2.45) is 23.7 Å². The average molecular weight is 198 g/mol. The van der Waals surface area contributed by atoms with Gasteiger partial charge in [-0.1, -0.05) is 12.8 Å². The van der Waals surface area contributed by atoms with Crippen LogP contribution in [-0.2, 0) is 9.59 Å². The van der Waals surface area contributed by atoms with Crippen LogP contribution in [0.25, 0.3) is 0 Å². The lowest BCUT2D eigenvalue weighted by Gasteiger charge is -2.50. The van der Waals surface area contributed by atoms with Crippen molar-refractivity contribution < 1.29 is 19.8 Å². The van der Waals surface area contributed by atoms with Crippen LogP contribution in [0, 0.1) is 23.7 Å². The monoisotopic (exact) mass is 198 g/mol. The van der Waals surface area contributed by atoms with E-state index >= 15 is 0 Å². The minimum absolute atomic E-state index is 0.127. The third-order valence-electron chi connectivity index (χ3n) is 3.75. The first-order valence-electron chi connectivity index (χ1n) is 5.08. The lowest BCUT2D eigenvalue weighted by molar-refractivity contribution is -0.178. The fraction of sp³-hybridized carbons (Fsp3) is 0.800. The molecule has 2 N–H and O–H groups in total. The second kappa shape index (κ2) is 3.26. The molecule has 0 heterocycles. The van der Waals surface area contributed by atoms with Crippen molar-refractivity contribution in [1.29, 1.82) is 0 Å². The highest BCUT2D eigenvalue weighted by Crippen LogP contribution is 2.53. The highest BCUT2D eigenvalue weighted by atomic mass is 16.4. The van der Waals surface area contributed by atoms with Crippen LogP contribution in [0.1, 0.15) is 25.7 Å². The third kappa shape index (κ3) is 1.21. The summed E-state index contributed by atoms with van der Waals surface area (Å²) in [5.41, 5.74) is 0. The van der Waals surface area contributed by atoms with E-state index in [-0.39, 0.29) is 11.8 Å². The van der Waals surface area contributed by atoms with Crippen LogP contribution in [0.15, 0.2) is 0 Å². The summed E-state index contributed by atoms with van der Waals surface area (Å²) in [4.78, 5) is 21.8. The Morgan fingerprint density at radius 1 is 0.857 bits per heavy atom. The molecule has 0 unspecified atom stereocenters. The van der Waals surface area contributed by atoms with Crippen LogP contribution < -0.4 is 0 Å². The second-order valence-electron chi connectivity index (χ2n) is 4.34. The summed E-state index contributed by atoms with van der Waals surface area (Å²) >= 11 is 0. The summed E-state index contributed by atoms with van der Waals surface area (Å²) in [6.07, 6.45) is 3.89. The minimum Gasteiger partial charge on any atom is -0.481 e. The summed E-state index contributed by atoms with van der Waals surface area (Å²) in [6, 6.07) is 0. The maximum atomic E-state index is 10.9. The first kappa shape index (κ1) is 9.49. The maximum Gasteiger partial charge on any atom is 0.307 e. The topological polar surface area (TPSA) is 74.6 Å². The van der Waals surface area contributed by atoms with Gasteiger partial charge in [-0.05, 0) is 24.7 Å². The molecule has 0 aliphatic heterocycles. The fourth-order valence-corrected chi connectivity index (χ4v) is 3.14. The number of carbonyl (C=O) groups is 2. The SMILES string of the molecule is O=C(O)[C@@H]1[C@@H]2CCCC[C@H]2[C@@H]1C(=O)O. The molecule has 4 atom stereocenters. The molecule has 0 aromatic rings. The summed E-state index contributed by atoms with van der Waals surface area (Å²) in [7, 11) is 0. The van der Waals surface area contributed by atoms with Gasteiger partial charge in [0.25, 0.3) is 0 Å². The number of hydrogen-bond acceptors (Lipinski definition) is 2. The van der Waals surface area contributed by atoms with Crippen LogP contribution in [0.5, 0.6) is 0 Å². The fourth-order valence-electron chi connectivity index (χ4n) is 3.14. The molecule has 2 aliphatic carbocycles. The third-order valence-corrected chi connectivity index (χ3v) is 3.75. The Morgan fingerprint density at radius 3 is 1.50 bits per heavy atom. The van der Waals surface area contributed by atoms with Crippen molar-refractivity contribution in [2.75, 3.05) is 0 Å². The van der Waals surface area contributed by atoms with E-state index in [1.165, 1.54) is 0 Å². The number of fused-ring (bicyclic) bond motifs is 1. The first-order chi connectivity index (χ1) is 6.63. The van der Waals surface area contributed by atoms with Crippen molar-refractivity contribution in [3.63, 3.8) is 0 Å². The summed E-state index contributed by atoms with van der Waals surface area (Å²) < 4.78 is 0. The van der Waals surface area contributed by atoms with Gasteiger partial charge in [-0.3, -0.25) is 9.59 Å². The molecule has 0 aromatic heterocycles. The smallest absolute Gasteiger partial charge is 0.307 e. The molecule has 0 aromatic carbocycles. The molecule has 2 fully saturated rings. The standard InChI is InChI=1S/C10H14O4/c11-9(12)7-5-3-1-2-4-6(5)8(7)10(13)14/h5-8H,1-4H2,(H,11,12)(H,13,14)/t5-,6-,7-,8+/m1/s1. The van der Waals surface area contributed by atoms with E-state index in [1.807, 2.05) is 0 Å². The lowest BCUT2D eigenvalue weighted by Crippen LogP contribution is -2.55. The van der Waals surface area contributed by atoms with E-state index in [0.29, 0.717) is 0 Å². The van der Waals surface area contributed by atoms with Gasteiger partial charge >= 0.3 is 11.9 Å². The number of rotatable bonds is 2. The number of carboxylic acid groups (broad SMARTS) is 2. The number of aliphatic carboxylic acids is 2. The quantitative estimate of drug-likeness (QED) is 0.699. The van der Waals surface area contributed by atoms with Crippen molar-refractivity contribution in [3.05, 3.63) is 0 Å². The Hall–Kier alpha value is -1.06. The highest BCUT2D eigenvalue weighted by Gasteiger charge is 2.57. The second-order valence-corrected chi connectivity index (χ2v) is 4.34. The van der Waals surface area contributed by atoms with Gasteiger partial charge in [0.1, 0.15) is 0 Å². The molecule has 0 amide bonds. The summed E-state index contributed by atoms with van der Waals surface area (Å²) in [6.45, 7) is 0. The Kier molecular flexibility index (Phi) is 2.21. The maximum absolute atomic E-state index is 10.9. The van der Waals surface area contributed by atoms with Gasteiger partial charge in [-0.15, -0.1) is 0 Å². The van der Waals surface area contributed by atoms with Gasteiger partial charge in [-0.2, -0.15) is 0 Å². The predicted molar refractivity (Wildman–Crippen MR) is 47.7 cm³/mol. The van der Waals surface area contributed by atoms with Gasteiger partial charge in [-0.25, -0.2) is 0 Å². The van der Waals surface area contributed by atoms with Gasteiger partial charge in [0.05, 0.1) is 11.8 Å². The van der Waals surface area contributed by atoms with Crippen molar-refractivity contribution in [2.45, 2.75) is 25.7 Å². The Balaban J connectivity index is 2.15. The van der Waals surface area contributed by atoms with E-state index < -0.39 is 23.8 Å². The molecule has 0 saturated heterocycles. The van der Waals surface area contributed by atoms with Crippen molar-refractivity contribution >= 4 is 11.9 Å². The molecule has 2 rings (SSSR count). The van der Waals surface area contributed by atoms with E-state index in [1.54, 1.807) is 0 Å². The molecule has 4 heteroatoms. The Morgan fingerprint density at radius 2 is 1.21 bits per heavy atom. The van der Waals surface area contributed by atoms with Gasteiger partial charge < -0.3 is 10.2 Å². The normalized spacial score (nSPS) is 40.9. The van der Waals surface area contributed by atoms with Gasteiger partial charge in [0.15, 0.2) is 0 Å². The predicted octanol–water partition coefficient (Wildman–Crippen LogP) is 1.21. The van der Waals surface area contributed by atoms with Crippen LogP contribution >= 0.6 is 0 Å². The Bertz CT molecular complexity index is 245. The first-order valence-corrected chi connectivity index (χ1v) is 5.08. The van der Waals surface area contributed by atoms with E-state index in [2.05, 4.69) is 0 Å². The zero-order chi connectivity index (χ0) is 10.3. The van der Waals surface area contributed by atoms with E-state index in [4.69, 9.17) is 10.2 Å². The number of carboxylic acids is 2. The Labute approximate surface area is 81.9 Å². The molecule has 0 radical (unpaired) electrons. The lowest BCUT2D eigenvalue weighted by atomic mass is 9.52. The van der Waals surface area contributed by atoms with Crippen LogP contribution in [0.3, 0.4) is 0 Å². The van der Waals surface area contributed by atoms with Gasteiger partial charge in [0.2, 0.25) is 0 Å². The highest BCUT2D eigenvalue weighted by molar-refractivity contribution is 5.82. The van der Waals surface area contributed by atoms with Crippen LogP contribution in [-0.4, -0.2) is 22.2 Å². The molecule has 0 spiro atoms. The zero-order valence-electron chi connectivity index (χ0n) is 7.85. The molecule has 2 saturated carbocycles. The van der Waals surface area contributed by atoms with Crippen molar-refractivity contribution in [3.8, 4) is 0 Å². The zero-order valence-corrected chi connectivity index (χ0v) is 7.85. The number of hydrogen-bond donors (Lipinski definition) is 2. The van der Waals surface area contributed by atoms with Crippen molar-refractivity contribution in [1.82, 2.24) is 0 Å². The molecule has 0 bridgehead atoms. The molecular weight excluding hydrogens is 184 g/mol. The molecule has 78 valence electrons. The van der Waals surface area contributed by atoms with E-state index in [9.17, 15) is 9.59 Å². The average Bonchev–Trinajstić information content (AvgIpc) is 2.05. The summed E-state index contributed by atoms with van der Waals surface area (Å²) in [5.74, 6) is -2.86. The molecule has 2 aliphatic rings. The van der Waals surface area contributed by atoms with Crippen LogP contribution in [0.2, 0.25) is 0 Å². The largest absolute Gasteiger partial charge is 0.481 e.